The van der Waals surface area contributed by atoms with Crippen molar-refractivity contribution in [3.8, 4) is 0 Å². The zero-order valence-electron chi connectivity index (χ0n) is 15.0. The number of carbonyl (C=O) groups is 2. The van der Waals surface area contributed by atoms with Crippen LogP contribution in [-0.2, 0) is 19.1 Å². The summed E-state index contributed by atoms with van der Waals surface area (Å²) in [5.74, 6) is -0.568. The Hall–Kier alpha value is -2.14. The minimum absolute atomic E-state index is 0.0994. The Balaban J connectivity index is 1.69. The van der Waals surface area contributed by atoms with Crippen LogP contribution in [0.5, 0.6) is 0 Å². The van der Waals surface area contributed by atoms with Gasteiger partial charge in [0.25, 0.3) is 0 Å². The third-order valence-electron chi connectivity index (χ3n) is 4.92. The molecular weight excluding hydrogens is 409 g/mol. The number of rotatable bonds is 5. The van der Waals surface area contributed by atoms with Gasteiger partial charge < -0.3 is 0 Å². The van der Waals surface area contributed by atoms with Gasteiger partial charge >= 0.3 is 165 Å². The number of fused-ring (bicyclic) bond motifs is 1. The molecule has 1 amide bonds. The molecule has 0 spiro atoms. The fourth-order valence-corrected chi connectivity index (χ4v) is 6.46. The third kappa shape index (κ3) is 3.18. The fourth-order valence-electron chi connectivity index (χ4n) is 3.72. The van der Waals surface area contributed by atoms with Crippen LogP contribution >= 0.6 is 0 Å². The summed E-state index contributed by atoms with van der Waals surface area (Å²) < 4.78 is 11.2. The van der Waals surface area contributed by atoms with E-state index in [1.807, 2.05) is 60.7 Å². The molecular formula is C21H21NO4Se. The summed E-state index contributed by atoms with van der Waals surface area (Å²) in [5.41, 5.74) is 0.931. The Morgan fingerprint density at radius 1 is 1.19 bits per heavy atom. The van der Waals surface area contributed by atoms with Crippen molar-refractivity contribution < 1.29 is 19.1 Å². The molecule has 0 N–H and O–H groups in total. The zero-order chi connectivity index (χ0) is 18.9. The fraction of sp³-hybridized carbons (Fsp3) is 0.333. The van der Waals surface area contributed by atoms with Crippen LogP contribution in [-0.4, -0.2) is 51.0 Å². The van der Waals surface area contributed by atoms with Crippen LogP contribution in [0.4, 0.5) is 0 Å². The van der Waals surface area contributed by atoms with E-state index in [9.17, 15) is 9.59 Å². The molecule has 27 heavy (non-hydrogen) atoms. The van der Waals surface area contributed by atoms with Crippen LogP contribution in [0.2, 0.25) is 4.31 Å². The van der Waals surface area contributed by atoms with Crippen molar-refractivity contribution in [1.82, 2.24) is 4.90 Å². The zero-order valence-corrected chi connectivity index (χ0v) is 16.8. The van der Waals surface area contributed by atoms with Crippen LogP contribution in [0.3, 0.4) is 0 Å². The number of hydrogen-bond acceptors (Lipinski definition) is 4. The summed E-state index contributed by atoms with van der Waals surface area (Å²) in [5, 5.41) is 0. The summed E-state index contributed by atoms with van der Waals surface area (Å²) in [6, 6.07) is 19.4. The maximum absolute atomic E-state index is 13.6. The number of ether oxygens (including phenoxy) is 2. The normalized spacial score (nSPS) is 26.9. The second-order valence-electron chi connectivity index (χ2n) is 6.63. The van der Waals surface area contributed by atoms with E-state index in [2.05, 4.69) is 0 Å². The van der Waals surface area contributed by atoms with Gasteiger partial charge in [-0.25, -0.2) is 0 Å². The van der Waals surface area contributed by atoms with E-state index >= 15 is 0 Å². The molecule has 2 aliphatic rings. The average Bonchev–Trinajstić information content (AvgIpc) is 3.22. The first-order valence-electron chi connectivity index (χ1n) is 9.06. The van der Waals surface area contributed by atoms with Crippen molar-refractivity contribution in [2.24, 2.45) is 0 Å². The van der Waals surface area contributed by atoms with Crippen LogP contribution in [0, 0.1) is 0 Å². The van der Waals surface area contributed by atoms with Crippen molar-refractivity contribution in [3.63, 3.8) is 0 Å². The van der Waals surface area contributed by atoms with E-state index in [-0.39, 0.29) is 33.5 Å². The predicted octanol–water partition coefficient (Wildman–Crippen LogP) is 2.07. The number of nitrogens with zero attached hydrogens (tertiary/aromatic N) is 1. The Morgan fingerprint density at radius 3 is 2.52 bits per heavy atom. The Bertz CT molecular complexity index is 829. The molecule has 2 heterocycles. The topological polar surface area (TPSA) is 55.8 Å². The van der Waals surface area contributed by atoms with Gasteiger partial charge in [0, 0.05) is 0 Å². The molecule has 2 saturated heterocycles. The number of carbonyl (C=O) groups excluding carboxylic acids is 2. The number of benzene rings is 2. The monoisotopic (exact) mass is 431 g/mol. The molecule has 2 fully saturated rings. The van der Waals surface area contributed by atoms with Gasteiger partial charge in [0.05, 0.1) is 0 Å². The van der Waals surface area contributed by atoms with E-state index in [4.69, 9.17) is 9.47 Å². The second-order valence-corrected chi connectivity index (χ2v) is 9.51. The molecule has 140 valence electrons. The van der Waals surface area contributed by atoms with Gasteiger partial charge in [-0.2, -0.15) is 0 Å². The second kappa shape index (κ2) is 7.47. The van der Waals surface area contributed by atoms with Crippen LogP contribution in [0.15, 0.2) is 60.7 Å². The van der Waals surface area contributed by atoms with Gasteiger partial charge in [-0.05, 0) is 0 Å². The van der Waals surface area contributed by atoms with Crippen molar-refractivity contribution in [2.45, 2.75) is 29.9 Å². The summed E-state index contributed by atoms with van der Waals surface area (Å²) >= 11 is -0.358. The molecule has 0 radical (unpaired) electrons. The van der Waals surface area contributed by atoms with Gasteiger partial charge in [-0.1, -0.05) is 0 Å². The Labute approximate surface area is 164 Å². The molecule has 4 rings (SSSR count). The minimum atomic E-state index is -1.12. The Morgan fingerprint density at radius 2 is 1.85 bits per heavy atom. The molecule has 5 nitrogen and oxygen atoms in total. The van der Waals surface area contributed by atoms with Crippen molar-refractivity contribution >= 4 is 31.3 Å². The molecule has 2 aromatic carbocycles. The molecule has 0 bridgehead atoms. The molecule has 0 saturated carbocycles. The number of amides is 1. The van der Waals surface area contributed by atoms with Gasteiger partial charge in [0.15, 0.2) is 0 Å². The summed E-state index contributed by atoms with van der Waals surface area (Å²) in [6.45, 7) is 2.48. The first-order chi connectivity index (χ1) is 13.2. The molecule has 3 atom stereocenters. The van der Waals surface area contributed by atoms with Crippen LogP contribution < -0.4 is 4.46 Å². The quantitative estimate of drug-likeness (QED) is 0.414. The molecule has 6 heteroatoms. The van der Waals surface area contributed by atoms with Crippen LogP contribution in [0.1, 0.15) is 25.1 Å². The molecule has 0 unspecified atom stereocenters. The maximum atomic E-state index is 13.6. The average molecular weight is 430 g/mol. The van der Waals surface area contributed by atoms with Crippen LogP contribution in [0.25, 0.3) is 0 Å². The summed E-state index contributed by atoms with van der Waals surface area (Å²) in [4.78, 5) is 28.3. The standard InChI is InChI=1S/C21H21NO4Se/c1-2-25-20(24)21(27-17-11-7-4-8-12-17)13-16-14-26-18(22(16)19(21)23)15-9-5-3-6-10-15/h3-12,16,18H,2,13-14H2,1H3/t16-,18+,21+/m0/s1. The van der Waals surface area contributed by atoms with E-state index in [1.165, 1.54) is 0 Å². The van der Waals surface area contributed by atoms with E-state index in [0.29, 0.717) is 13.0 Å². The first kappa shape index (κ1) is 18.2. The number of esters is 1. The van der Waals surface area contributed by atoms with Crippen molar-refractivity contribution in [3.05, 3.63) is 66.2 Å². The summed E-state index contributed by atoms with van der Waals surface area (Å²) in [6.07, 6.45) is 0.00896. The number of hydrogen-bond donors (Lipinski definition) is 0. The summed E-state index contributed by atoms with van der Waals surface area (Å²) in [7, 11) is 0. The molecule has 0 aliphatic carbocycles. The third-order valence-corrected chi connectivity index (χ3v) is 7.78. The van der Waals surface area contributed by atoms with Gasteiger partial charge in [0.2, 0.25) is 0 Å². The van der Waals surface area contributed by atoms with Crippen molar-refractivity contribution in [1.29, 1.82) is 0 Å². The van der Waals surface area contributed by atoms with E-state index in [0.717, 1.165) is 10.0 Å². The van der Waals surface area contributed by atoms with Gasteiger partial charge in [-0.15, -0.1) is 0 Å². The SMILES string of the molecule is CCOC(=O)[C@@]1([Se]c2ccccc2)C[C@H]2CO[C@H](c3ccccc3)N2C1=O. The van der Waals surface area contributed by atoms with Gasteiger partial charge in [0.1, 0.15) is 0 Å². The van der Waals surface area contributed by atoms with E-state index < -0.39 is 16.5 Å². The molecule has 0 aromatic heterocycles. The van der Waals surface area contributed by atoms with E-state index in [1.54, 1.807) is 11.8 Å². The first-order valence-corrected chi connectivity index (χ1v) is 10.8. The Kier molecular flexibility index (Phi) is 5.04. The molecule has 2 aromatic rings. The molecule has 2 aliphatic heterocycles. The van der Waals surface area contributed by atoms with Gasteiger partial charge in [-0.3, -0.25) is 0 Å². The van der Waals surface area contributed by atoms with Crippen molar-refractivity contribution in [2.75, 3.05) is 13.2 Å². The predicted molar refractivity (Wildman–Crippen MR) is 102 cm³/mol.